The summed E-state index contributed by atoms with van der Waals surface area (Å²) in [6.45, 7) is 14.9. The van der Waals surface area contributed by atoms with Crippen molar-refractivity contribution in [1.29, 1.82) is 0 Å². The predicted octanol–water partition coefficient (Wildman–Crippen LogP) is 11.2. The third-order valence-electron chi connectivity index (χ3n) is 13.5. The number of hydrogen-bond donors (Lipinski definition) is 1. The van der Waals surface area contributed by atoms with E-state index in [0.29, 0.717) is 42.6 Å². The second-order valence-electron chi connectivity index (χ2n) is 17.2. The molecule has 0 saturated heterocycles. The van der Waals surface area contributed by atoms with Gasteiger partial charge >= 0.3 is 0 Å². The van der Waals surface area contributed by atoms with Gasteiger partial charge in [-0.2, -0.15) is 0 Å². The first-order valence-electron chi connectivity index (χ1n) is 18.6. The first kappa shape index (κ1) is 34.1. The standard InChI is InChI=1S/C42H60FO2Si/c1-29(15-13-14-26-44)34-20-21-35-38-36(23-25-42(34,35)6)41(5)24-22-33(27-32(41)28-37(38)43)45-46(40(2,3)4)39(30-16-9-7-10-17-30)31-18-11-8-12-19-31/h7-12,16-19,29,32-36,39,44H,13-15,20-28H2,1-6H3/t29-,32-,33+,34-,35+,36+,41+,42-/m1/s1. The van der Waals surface area contributed by atoms with Crippen LogP contribution >= 0.6 is 0 Å². The normalized spacial score (nSPS) is 33.6. The number of unbranched alkanes of at least 4 members (excludes halogenated alkanes) is 1. The Morgan fingerprint density at radius 2 is 1.48 bits per heavy atom. The highest BCUT2D eigenvalue weighted by Crippen LogP contribution is 2.68. The number of allylic oxidation sites excluding steroid dienone is 2. The Morgan fingerprint density at radius 1 is 0.870 bits per heavy atom. The lowest BCUT2D eigenvalue weighted by molar-refractivity contribution is -0.0457. The van der Waals surface area contributed by atoms with Crippen molar-refractivity contribution in [2.24, 2.45) is 40.4 Å². The number of aliphatic hydroxyl groups excluding tert-OH is 1. The van der Waals surface area contributed by atoms with Gasteiger partial charge in [-0.15, -0.1) is 0 Å². The molecule has 2 nitrogen and oxygen atoms in total. The third kappa shape index (κ3) is 6.37. The highest BCUT2D eigenvalue weighted by Gasteiger charge is 2.60. The van der Waals surface area contributed by atoms with Crippen LogP contribution in [0.2, 0.25) is 5.04 Å². The predicted molar refractivity (Wildman–Crippen MR) is 190 cm³/mol. The number of fused-ring (bicyclic) bond motifs is 5. The van der Waals surface area contributed by atoms with Crippen LogP contribution in [0.5, 0.6) is 0 Å². The molecule has 2 aromatic rings. The highest BCUT2D eigenvalue weighted by molar-refractivity contribution is 6.58. The van der Waals surface area contributed by atoms with Gasteiger partial charge in [-0.3, -0.25) is 0 Å². The van der Waals surface area contributed by atoms with E-state index in [2.05, 4.69) is 102 Å². The van der Waals surface area contributed by atoms with E-state index in [1.165, 1.54) is 36.0 Å². The van der Waals surface area contributed by atoms with Gasteiger partial charge in [0.2, 0.25) is 9.04 Å². The maximum absolute atomic E-state index is 16.6. The molecular formula is C42H60FO2Si. The number of halogens is 1. The maximum atomic E-state index is 16.6. The van der Waals surface area contributed by atoms with Gasteiger partial charge in [0, 0.05) is 24.7 Å². The van der Waals surface area contributed by atoms with E-state index in [4.69, 9.17) is 4.43 Å². The lowest BCUT2D eigenvalue weighted by atomic mass is 9.47. The van der Waals surface area contributed by atoms with Gasteiger partial charge in [-0.05, 0) is 114 Å². The maximum Gasteiger partial charge on any atom is 0.229 e. The molecule has 0 heterocycles. The topological polar surface area (TPSA) is 29.5 Å². The zero-order valence-corrected chi connectivity index (χ0v) is 30.5. The van der Waals surface area contributed by atoms with Gasteiger partial charge in [0.15, 0.2) is 0 Å². The highest BCUT2D eigenvalue weighted by atomic mass is 28.3. The number of aliphatic hydroxyl groups is 1. The first-order chi connectivity index (χ1) is 22.0. The molecular weight excluding hydrogens is 584 g/mol. The molecule has 0 aliphatic heterocycles. The van der Waals surface area contributed by atoms with Crippen molar-refractivity contribution < 1.29 is 13.9 Å². The van der Waals surface area contributed by atoms with Crippen LogP contribution in [0.4, 0.5) is 4.39 Å². The molecule has 0 bridgehead atoms. The van der Waals surface area contributed by atoms with Crippen molar-refractivity contribution in [1.82, 2.24) is 0 Å². The summed E-state index contributed by atoms with van der Waals surface area (Å²) in [6.07, 6.45) is 12.0. The van der Waals surface area contributed by atoms with Gasteiger partial charge < -0.3 is 9.53 Å². The average Bonchev–Trinajstić information content (AvgIpc) is 3.39. The number of benzene rings is 2. The van der Waals surface area contributed by atoms with Crippen LogP contribution in [0, 0.1) is 40.4 Å². The van der Waals surface area contributed by atoms with Gasteiger partial charge in [-0.1, -0.05) is 115 Å². The van der Waals surface area contributed by atoms with Crippen molar-refractivity contribution in [3.8, 4) is 0 Å². The van der Waals surface area contributed by atoms with Crippen LogP contribution in [-0.4, -0.2) is 26.9 Å². The van der Waals surface area contributed by atoms with Gasteiger partial charge in [0.1, 0.15) is 5.83 Å². The lowest BCUT2D eigenvalue weighted by Gasteiger charge is -2.58. The van der Waals surface area contributed by atoms with Crippen LogP contribution < -0.4 is 0 Å². The molecule has 0 amide bonds. The Balaban J connectivity index is 1.22. The van der Waals surface area contributed by atoms with Crippen molar-refractivity contribution in [2.45, 2.75) is 129 Å². The van der Waals surface area contributed by atoms with Crippen molar-refractivity contribution in [2.75, 3.05) is 6.61 Å². The molecule has 3 fully saturated rings. The van der Waals surface area contributed by atoms with Crippen LogP contribution in [0.15, 0.2) is 72.1 Å². The second kappa shape index (κ2) is 13.6. The zero-order valence-electron chi connectivity index (χ0n) is 29.5. The molecule has 0 spiro atoms. The van der Waals surface area contributed by atoms with Gasteiger partial charge in [-0.25, -0.2) is 4.39 Å². The van der Waals surface area contributed by atoms with E-state index in [1.807, 2.05) is 0 Å². The molecule has 8 atom stereocenters. The summed E-state index contributed by atoms with van der Waals surface area (Å²) >= 11 is 0. The van der Waals surface area contributed by atoms with Crippen molar-refractivity contribution in [3.05, 3.63) is 83.2 Å². The minimum atomic E-state index is -1.36. The van der Waals surface area contributed by atoms with Crippen molar-refractivity contribution in [3.63, 3.8) is 0 Å². The Hall–Kier alpha value is -1.75. The van der Waals surface area contributed by atoms with E-state index in [1.54, 1.807) is 0 Å². The smallest absolute Gasteiger partial charge is 0.229 e. The molecule has 46 heavy (non-hydrogen) atoms. The van der Waals surface area contributed by atoms with E-state index >= 15 is 4.39 Å². The molecule has 251 valence electrons. The summed E-state index contributed by atoms with van der Waals surface area (Å²) in [6, 6.07) is 22.0. The number of rotatable bonds is 10. The summed E-state index contributed by atoms with van der Waals surface area (Å²) in [7, 11) is -1.36. The fourth-order valence-electron chi connectivity index (χ4n) is 11.0. The SMILES string of the molecule is C[C@H](CCCCO)[C@H]1CC[C@H]2C3=C(F)C[C@H]4C[C@@H](O[Si](C(c5ccccc5)c5ccccc5)C(C)(C)C)CC[C@]4(C)[C@H]3CC[C@]12C. The summed E-state index contributed by atoms with van der Waals surface area (Å²) in [4.78, 5) is 0. The molecule has 4 heteroatoms. The molecule has 6 rings (SSSR count). The van der Waals surface area contributed by atoms with E-state index in [-0.39, 0.29) is 33.3 Å². The third-order valence-corrected chi connectivity index (χ3v) is 16.7. The molecule has 3 saturated carbocycles. The summed E-state index contributed by atoms with van der Waals surface area (Å²) < 4.78 is 24.0. The van der Waals surface area contributed by atoms with Crippen LogP contribution in [0.25, 0.3) is 0 Å². The van der Waals surface area contributed by atoms with Crippen molar-refractivity contribution >= 4 is 9.04 Å². The molecule has 2 aromatic carbocycles. The monoisotopic (exact) mass is 643 g/mol. The Kier molecular flexibility index (Phi) is 10.1. The first-order valence-corrected chi connectivity index (χ1v) is 20.1. The van der Waals surface area contributed by atoms with Crippen LogP contribution in [-0.2, 0) is 4.43 Å². The fourth-order valence-corrected chi connectivity index (χ4v) is 13.9. The van der Waals surface area contributed by atoms with Gasteiger partial charge in [0.25, 0.3) is 0 Å². The van der Waals surface area contributed by atoms with E-state index < -0.39 is 9.04 Å². The van der Waals surface area contributed by atoms with Gasteiger partial charge in [0.05, 0.1) is 0 Å². The largest absolute Gasteiger partial charge is 0.412 e. The average molecular weight is 644 g/mol. The fraction of sp³-hybridized carbons (Fsp3) is 0.667. The lowest BCUT2D eigenvalue weighted by Crippen LogP contribution is -2.52. The Morgan fingerprint density at radius 3 is 2.09 bits per heavy atom. The molecule has 0 unspecified atom stereocenters. The molecule has 4 aliphatic carbocycles. The molecule has 1 radical (unpaired) electrons. The second-order valence-corrected chi connectivity index (χ2v) is 20.2. The Bertz CT molecular complexity index is 1300. The quantitative estimate of drug-likeness (QED) is 0.206. The number of hydrogen-bond acceptors (Lipinski definition) is 2. The van der Waals surface area contributed by atoms with Crippen LogP contribution in [0.1, 0.15) is 129 Å². The minimum absolute atomic E-state index is 0.0364. The Labute approximate surface area is 281 Å². The summed E-state index contributed by atoms with van der Waals surface area (Å²) in [5.41, 5.74) is 4.58. The molecule has 4 aliphatic rings. The molecule has 1 N–H and O–H groups in total. The summed E-state index contributed by atoms with van der Waals surface area (Å²) in [5.74, 6) is 2.74. The zero-order chi connectivity index (χ0) is 32.7. The minimum Gasteiger partial charge on any atom is -0.412 e. The van der Waals surface area contributed by atoms with E-state index in [0.717, 1.165) is 44.9 Å². The van der Waals surface area contributed by atoms with Crippen LogP contribution in [0.3, 0.4) is 0 Å². The molecule has 0 aromatic heterocycles. The van der Waals surface area contributed by atoms with E-state index in [9.17, 15) is 5.11 Å². The summed E-state index contributed by atoms with van der Waals surface area (Å²) in [5, 5.41) is 9.36.